The van der Waals surface area contributed by atoms with Gasteiger partial charge in [-0.2, -0.15) is 9.97 Å². The first kappa shape index (κ1) is 17.2. The molecule has 0 atom stereocenters. The van der Waals surface area contributed by atoms with Gasteiger partial charge < -0.3 is 4.42 Å². The van der Waals surface area contributed by atoms with E-state index in [4.69, 9.17) is 4.42 Å². The highest BCUT2D eigenvalue weighted by Gasteiger charge is 2.21. The van der Waals surface area contributed by atoms with Gasteiger partial charge in [-0.3, -0.25) is 4.57 Å². The Morgan fingerprint density at radius 2 is 1.50 bits per heavy atom. The largest absolute Gasteiger partial charge is 0.454 e. The maximum absolute atomic E-state index is 6.49. The van der Waals surface area contributed by atoms with E-state index in [9.17, 15) is 0 Å². The first-order valence-corrected chi connectivity index (χ1v) is 10.1. The Morgan fingerprint density at radius 3 is 2.30 bits per heavy atom. The van der Waals surface area contributed by atoms with Gasteiger partial charge in [0.1, 0.15) is 22.7 Å². The Bertz CT molecular complexity index is 1620. The zero-order valence-electron chi connectivity index (χ0n) is 17.3. The number of aryl methyl sites for hydroxylation is 4. The Kier molecular flexibility index (Phi) is 3.37. The summed E-state index contributed by atoms with van der Waals surface area (Å²) in [6.45, 7) is 8.04. The summed E-state index contributed by atoms with van der Waals surface area (Å²) in [4.78, 5) is 13.7. The van der Waals surface area contributed by atoms with Crippen LogP contribution in [0.25, 0.3) is 49.7 Å². The van der Waals surface area contributed by atoms with Gasteiger partial charge >= 0.3 is 0 Å². The quantitative estimate of drug-likeness (QED) is 0.339. The van der Waals surface area contributed by atoms with Gasteiger partial charge in [0, 0.05) is 21.5 Å². The highest BCUT2D eigenvalue weighted by Crippen LogP contribution is 2.40. The van der Waals surface area contributed by atoms with Gasteiger partial charge in [-0.25, -0.2) is 4.98 Å². The smallest absolute Gasteiger partial charge is 0.238 e. The molecule has 0 aliphatic carbocycles. The number of rotatable bonds is 1. The fourth-order valence-corrected chi connectivity index (χ4v) is 4.70. The Hall–Kier alpha value is -3.73. The molecule has 0 N–H and O–H groups in total. The van der Waals surface area contributed by atoms with Crippen molar-refractivity contribution >= 4 is 43.7 Å². The zero-order valence-corrected chi connectivity index (χ0v) is 17.3. The third kappa shape index (κ3) is 2.26. The highest BCUT2D eigenvalue weighted by atomic mass is 16.3. The molecule has 0 fully saturated rings. The van der Waals surface area contributed by atoms with Gasteiger partial charge in [-0.1, -0.05) is 30.3 Å². The third-order valence-corrected chi connectivity index (χ3v) is 5.76. The van der Waals surface area contributed by atoms with Crippen molar-refractivity contribution in [3.63, 3.8) is 0 Å². The molecule has 0 aliphatic heterocycles. The monoisotopic (exact) mass is 392 g/mol. The van der Waals surface area contributed by atoms with Gasteiger partial charge in [-0.05, 0) is 57.0 Å². The Labute approximate surface area is 173 Å². The number of fused-ring (bicyclic) bond motifs is 7. The normalized spacial score (nSPS) is 12.0. The molecule has 3 aromatic carbocycles. The third-order valence-electron chi connectivity index (χ3n) is 5.76. The van der Waals surface area contributed by atoms with Crippen LogP contribution in [-0.2, 0) is 0 Å². The van der Waals surface area contributed by atoms with Gasteiger partial charge in [0.15, 0.2) is 5.58 Å². The van der Waals surface area contributed by atoms with Crippen molar-refractivity contribution in [2.75, 3.05) is 0 Å². The molecule has 0 aliphatic rings. The van der Waals surface area contributed by atoms with Crippen LogP contribution in [-0.4, -0.2) is 19.5 Å². The van der Waals surface area contributed by atoms with E-state index in [2.05, 4.69) is 75.8 Å². The second kappa shape index (κ2) is 5.89. The van der Waals surface area contributed by atoms with E-state index in [-0.39, 0.29) is 0 Å². The first-order chi connectivity index (χ1) is 14.5. The van der Waals surface area contributed by atoms with Crippen molar-refractivity contribution in [2.24, 2.45) is 0 Å². The summed E-state index contributed by atoms with van der Waals surface area (Å²) in [5.74, 6) is 2.02. The van der Waals surface area contributed by atoms with Crippen LogP contribution in [0.4, 0.5) is 0 Å². The van der Waals surface area contributed by atoms with Gasteiger partial charge in [-0.15, -0.1) is 0 Å². The standard InChI is InChI=1S/C25H20N4O/c1-13-11-14(2)22-19-10-9-18-17-7-5-6-8-20(17)29(23(18)24(19)30-21(22)12-13)25-27-15(3)26-16(4)28-25/h5-12H,1-4H3. The highest BCUT2D eigenvalue weighted by molar-refractivity contribution is 6.21. The second-order valence-electron chi connectivity index (χ2n) is 7.98. The molecule has 6 aromatic rings. The molecule has 3 heterocycles. The number of benzene rings is 3. The van der Waals surface area contributed by atoms with Crippen LogP contribution in [0.15, 0.2) is 52.9 Å². The van der Waals surface area contributed by atoms with E-state index < -0.39 is 0 Å². The van der Waals surface area contributed by atoms with Crippen LogP contribution >= 0.6 is 0 Å². The van der Waals surface area contributed by atoms with Crippen LogP contribution in [0.2, 0.25) is 0 Å². The number of aromatic nitrogens is 4. The molecule has 0 radical (unpaired) electrons. The fraction of sp³-hybridized carbons (Fsp3) is 0.160. The molecule has 6 rings (SSSR count). The number of hydrogen-bond donors (Lipinski definition) is 0. The lowest BCUT2D eigenvalue weighted by Crippen LogP contribution is -2.06. The minimum atomic E-state index is 0.618. The van der Waals surface area contributed by atoms with Crippen molar-refractivity contribution in [3.8, 4) is 5.95 Å². The predicted molar refractivity (Wildman–Crippen MR) is 120 cm³/mol. The topological polar surface area (TPSA) is 56.7 Å². The maximum atomic E-state index is 6.49. The summed E-state index contributed by atoms with van der Waals surface area (Å²) < 4.78 is 8.60. The van der Waals surface area contributed by atoms with E-state index in [1.165, 1.54) is 11.1 Å². The van der Waals surface area contributed by atoms with Crippen molar-refractivity contribution in [1.82, 2.24) is 19.5 Å². The lowest BCUT2D eigenvalue weighted by atomic mass is 10.0. The fourth-order valence-electron chi connectivity index (χ4n) is 4.70. The first-order valence-electron chi connectivity index (χ1n) is 10.1. The molecular weight excluding hydrogens is 372 g/mol. The van der Waals surface area contributed by atoms with E-state index >= 15 is 0 Å². The van der Waals surface area contributed by atoms with Crippen LogP contribution in [0, 0.1) is 27.7 Å². The van der Waals surface area contributed by atoms with E-state index in [1.807, 2.05) is 19.9 Å². The lowest BCUT2D eigenvalue weighted by molar-refractivity contribution is 0.670. The van der Waals surface area contributed by atoms with Crippen molar-refractivity contribution in [1.29, 1.82) is 0 Å². The molecule has 0 bridgehead atoms. The lowest BCUT2D eigenvalue weighted by Gasteiger charge is -2.07. The number of furan rings is 1. The summed E-state index contributed by atoms with van der Waals surface area (Å²) in [5, 5.41) is 4.56. The maximum Gasteiger partial charge on any atom is 0.238 e. The summed E-state index contributed by atoms with van der Waals surface area (Å²) in [7, 11) is 0. The molecule has 0 saturated carbocycles. The SMILES string of the molecule is Cc1cc(C)c2c(c1)oc1c2ccc2c3ccccc3n(-c3nc(C)nc(C)n3)c21. The van der Waals surface area contributed by atoms with Crippen LogP contribution < -0.4 is 0 Å². The molecule has 0 amide bonds. The zero-order chi connectivity index (χ0) is 20.6. The van der Waals surface area contributed by atoms with Crippen LogP contribution in [0.1, 0.15) is 22.8 Å². The minimum absolute atomic E-state index is 0.618. The summed E-state index contributed by atoms with van der Waals surface area (Å²) in [6.07, 6.45) is 0. The predicted octanol–water partition coefficient (Wildman–Crippen LogP) is 6.10. The molecule has 0 saturated heterocycles. The minimum Gasteiger partial charge on any atom is -0.454 e. The average Bonchev–Trinajstić information content (AvgIpc) is 3.22. The van der Waals surface area contributed by atoms with Crippen molar-refractivity contribution in [3.05, 3.63) is 71.3 Å². The van der Waals surface area contributed by atoms with Crippen molar-refractivity contribution in [2.45, 2.75) is 27.7 Å². The van der Waals surface area contributed by atoms with E-state index in [0.717, 1.165) is 43.7 Å². The van der Waals surface area contributed by atoms with Gasteiger partial charge in [0.2, 0.25) is 5.95 Å². The van der Waals surface area contributed by atoms with E-state index in [0.29, 0.717) is 17.6 Å². The summed E-state index contributed by atoms with van der Waals surface area (Å²) >= 11 is 0. The summed E-state index contributed by atoms with van der Waals surface area (Å²) in [5.41, 5.74) is 6.24. The molecule has 3 aromatic heterocycles. The molecule has 5 heteroatoms. The molecule has 0 spiro atoms. The molecular formula is C25H20N4O. The van der Waals surface area contributed by atoms with Gasteiger partial charge in [0.25, 0.3) is 0 Å². The van der Waals surface area contributed by atoms with Crippen LogP contribution in [0.3, 0.4) is 0 Å². The average molecular weight is 392 g/mol. The van der Waals surface area contributed by atoms with E-state index in [1.54, 1.807) is 0 Å². The second-order valence-corrected chi connectivity index (χ2v) is 7.98. The number of nitrogens with zero attached hydrogens (tertiary/aromatic N) is 4. The molecule has 5 nitrogen and oxygen atoms in total. The Balaban J connectivity index is 1.89. The number of hydrogen-bond acceptors (Lipinski definition) is 4. The number of para-hydroxylation sites is 1. The summed E-state index contributed by atoms with van der Waals surface area (Å²) in [6, 6.07) is 17.0. The Morgan fingerprint density at radius 1 is 0.767 bits per heavy atom. The molecule has 0 unspecified atom stereocenters. The van der Waals surface area contributed by atoms with Crippen molar-refractivity contribution < 1.29 is 4.42 Å². The van der Waals surface area contributed by atoms with Crippen LogP contribution in [0.5, 0.6) is 0 Å². The molecule has 146 valence electrons. The molecule has 30 heavy (non-hydrogen) atoms. The van der Waals surface area contributed by atoms with Gasteiger partial charge in [0.05, 0.1) is 5.52 Å².